The minimum Gasteiger partial charge on any atom is -0.497 e. The van der Waals surface area contributed by atoms with Gasteiger partial charge in [-0.05, 0) is 54.8 Å². The number of benzene rings is 3. The number of fused-ring (bicyclic) bond motifs is 1. The highest BCUT2D eigenvalue weighted by Crippen LogP contribution is 2.25. The molecule has 1 N–H and O–H groups in total. The van der Waals surface area contributed by atoms with Crippen LogP contribution in [-0.4, -0.2) is 59.9 Å². The third-order valence-electron chi connectivity index (χ3n) is 7.66. The van der Waals surface area contributed by atoms with E-state index in [1.807, 2.05) is 90.7 Å². The van der Waals surface area contributed by atoms with Gasteiger partial charge in [0.2, 0.25) is 11.8 Å². The van der Waals surface area contributed by atoms with Crippen LogP contribution in [-0.2, 0) is 16.0 Å². The van der Waals surface area contributed by atoms with Gasteiger partial charge in [-0.3, -0.25) is 19.4 Å². The fourth-order valence-corrected chi connectivity index (χ4v) is 5.49. The second kappa shape index (κ2) is 13.3. The minimum absolute atomic E-state index is 0.0508. The van der Waals surface area contributed by atoms with Gasteiger partial charge in [0.15, 0.2) is 0 Å². The lowest BCUT2D eigenvalue weighted by Gasteiger charge is -2.30. The van der Waals surface area contributed by atoms with Gasteiger partial charge in [-0.1, -0.05) is 55.5 Å². The van der Waals surface area contributed by atoms with E-state index >= 15 is 0 Å². The first-order chi connectivity index (χ1) is 20.5. The normalized spacial score (nSPS) is 15.3. The summed E-state index contributed by atoms with van der Waals surface area (Å²) in [6.45, 7) is 2.89. The summed E-state index contributed by atoms with van der Waals surface area (Å²) >= 11 is 0. The molecule has 1 aliphatic heterocycles. The van der Waals surface area contributed by atoms with Crippen molar-refractivity contribution >= 4 is 34.3 Å². The molecule has 1 aromatic heterocycles. The number of anilines is 1. The number of ether oxygens (including phenoxy) is 1. The van der Waals surface area contributed by atoms with Crippen molar-refractivity contribution in [3.63, 3.8) is 0 Å². The summed E-state index contributed by atoms with van der Waals surface area (Å²) in [7, 11) is 1.60. The summed E-state index contributed by atoms with van der Waals surface area (Å²) in [6.07, 6.45) is 3.70. The van der Waals surface area contributed by atoms with Crippen molar-refractivity contribution in [2.45, 2.75) is 44.7 Å². The van der Waals surface area contributed by atoms with Crippen LogP contribution in [0.2, 0.25) is 0 Å². The molecule has 0 aliphatic carbocycles. The molecular weight excluding hydrogens is 528 g/mol. The van der Waals surface area contributed by atoms with Gasteiger partial charge >= 0.3 is 0 Å². The van der Waals surface area contributed by atoms with Gasteiger partial charge in [0.25, 0.3) is 5.91 Å². The van der Waals surface area contributed by atoms with E-state index in [1.54, 1.807) is 18.1 Å². The van der Waals surface area contributed by atoms with E-state index < -0.39 is 6.04 Å². The van der Waals surface area contributed by atoms with Crippen molar-refractivity contribution in [3.8, 4) is 5.75 Å². The molecule has 8 nitrogen and oxygen atoms in total. The quantitative estimate of drug-likeness (QED) is 0.292. The van der Waals surface area contributed by atoms with Crippen molar-refractivity contribution in [2.24, 2.45) is 0 Å². The van der Waals surface area contributed by atoms with Crippen LogP contribution in [0.3, 0.4) is 0 Å². The lowest BCUT2D eigenvalue weighted by molar-refractivity contribution is -0.132. The molecule has 0 saturated carbocycles. The second-order valence-corrected chi connectivity index (χ2v) is 10.6. The standard InChI is InChI=1S/C34H36N4O4/c1-3-9-32(39)38(27-11-5-4-6-12-27)28-18-19-37(23-28)34(41)31(20-24-14-16-29(42-2)17-15-24)36-33(40)26-21-25-10-7-8-13-30(25)35-22-26/h4-8,10-17,21-22,28,31H,3,9,18-20,23H2,1-2H3,(H,36,40)/t28-,31-/m1/s1. The molecule has 1 fully saturated rings. The van der Waals surface area contributed by atoms with E-state index in [9.17, 15) is 14.4 Å². The van der Waals surface area contributed by atoms with Gasteiger partial charge in [0, 0.05) is 43.2 Å². The average molecular weight is 565 g/mol. The first kappa shape index (κ1) is 28.8. The Balaban J connectivity index is 1.37. The fourth-order valence-electron chi connectivity index (χ4n) is 5.49. The Morgan fingerprint density at radius 3 is 2.50 bits per heavy atom. The average Bonchev–Trinajstić information content (AvgIpc) is 3.51. The first-order valence-electron chi connectivity index (χ1n) is 14.4. The van der Waals surface area contributed by atoms with Gasteiger partial charge in [-0.15, -0.1) is 0 Å². The number of hydrogen-bond acceptors (Lipinski definition) is 5. The zero-order valence-corrected chi connectivity index (χ0v) is 24.0. The van der Waals surface area contributed by atoms with E-state index in [0.717, 1.165) is 28.6 Å². The highest BCUT2D eigenvalue weighted by Gasteiger charge is 2.36. The van der Waals surface area contributed by atoms with Crippen LogP contribution >= 0.6 is 0 Å². The first-order valence-corrected chi connectivity index (χ1v) is 14.4. The number of para-hydroxylation sites is 2. The molecule has 3 amide bonds. The number of nitrogens with one attached hydrogen (secondary N) is 1. The number of aromatic nitrogens is 1. The third kappa shape index (κ3) is 6.60. The zero-order chi connectivity index (χ0) is 29.5. The number of carbonyl (C=O) groups excluding carboxylic acids is 3. The number of pyridine rings is 1. The van der Waals surface area contributed by atoms with Crippen LogP contribution in [0.5, 0.6) is 5.75 Å². The molecule has 1 aliphatic rings. The molecular formula is C34H36N4O4. The molecule has 216 valence electrons. The van der Waals surface area contributed by atoms with Crippen LogP contribution in [0, 0.1) is 0 Å². The fraction of sp³-hybridized carbons (Fsp3) is 0.294. The lowest BCUT2D eigenvalue weighted by atomic mass is 10.0. The van der Waals surface area contributed by atoms with Gasteiger partial charge in [-0.2, -0.15) is 0 Å². The van der Waals surface area contributed by atoms with Crippen LogP contribution in [0.25, 0.3) is 10.9 Å². The van der Waals surface area contributed by atoms with Crippen LogP contribution in [0.1, 0.15) is 42.1 Å². The Bertz CT molecular complexity index is 1540. The Labute approximate surface area is 246 Å². The molecule has 0 radical (unpaired) electrons. The Morgan fingerprint density at radius 2 is 1.76 bits per heavy atom. The van der Waals surface area contributed by atoms with E-state index in [0.29, 0.717) is 43.7 Å². The number of rotatable bonds is 10. The molecule has 8 heteroatoms. The number of hydrogen-bond donors (Lipinski definition) is 1. The maximum atomic E-state index is 14.0. The Morgan fingerprint density at radius 1 is 1.02 bits per heavy atom. The topological polar surface area (TPSA) is 91.8 Å². The van der Waals surface area contributed by atoms with E-state index in [1.165, 1.54) is 6.20 Å². The molecule has 5 rings (SSSR count). The molecule has 1 saturated heterocycles. The van der Waals surface area contributed by atoms with Crippen molar-refractivity contribution in [3.05, 3.63) is 102 Å². The van der Waals surface area contributed by atoms with Crippen molar-refractivity contribution in [1.29, 1.82) is 0 Å². The van der Waals surface area contributed by atoms with Gasteiger partial charge in [0.1, 0.15) is 11.8 Å². The smallest absolute Gasteiger partial charge is 0.253 e. The Kier molecular flexibility index (Phi) is 9.12. The summed E-state index contributed by atoms with van der Waals surface area (Å²) < 4.78 is 5.28. The van der Waals surface area contributed by atoms with Crippen LogP contribution in [0.15, 0.2) is 91.1 Å². The molecule has 3 aromatic carbocycles. The third-order valence-corrected chi connectivity index (χ3v) is 7.66. The highest BCUT2D eigenvalue weighted by atomic mass is 16.5. The summed E-state index contributed by atoms with van der Waals surface area (Å²) in [4.78, 5) is 48.7. The zero-order valence-electron chi connectivity index (χ0n) is 24.0. The van der Waals surface area contributed by atoms with E-state index in [-0.39, 0.29) is 23.8 Å². The summed E-state index contributed by atoms with van der Waals surface area (Å²) in [5, 5.41) is 3.84. The van der Waals surface area contributed by atoms with Crippen molar-refractivity contribution < 1.29 is 19.1 Å². The van der Waals surface area contributed by atoms with Crippen molar-refractivity contribution in [2.75, 3.05) is 25.1 Å². The summed E-state index contributed by atoms with van der Waals surface area (Å²) in [5.74, 6) is 0.231. The second-order valence-electron chi connectivity index (χ2n) is 10.6. The predicted octanol–water partition coefficient (Wildman–Crippen LogP) is 5.02. The van der Waals surface area contributed by atoms with E-state index in [2.05, 4.69) is 10.3 Å². The molecule has 2 heterocycles. The maximum absolute atomic E-state index is 14.0. The lowest BCUT2D eigenvalue weighted by Crippen LogP contribution is -2.50. The highest BCUT2D eigenvalue weighted by molar-refractivity contribution is 6.00. The number of methoxy groups -OCH3 is 1. The summed E-state index contributed by atoms with van der Waals surface area (Å²) in [5.41, 5.74) is 2.91. The molecule has 0 unspecified atom stereocenters. The molecule has 0 spiro atoms. The van der Waals surface area contributed by atoms with Gasteiger partial charge in [-0.25, -0.2) is 0 Å². The summed E-state index contributed by atoms with van der Waals surface area (Å²) in [6, 6.07) is 25.5. The molecule has 4 aromatic rings. The van der Waals surface area contributed by atoms with Crippen LogP contribution < -0.4 is 15.0 Å². The van der Waals surface area contributed by atoms with Gasteiger partial charge in [0.05, 0.1) is 24.2 Å². The monoisotopic (exact) mass is 564 g/mol. The number of likely N-dealkylation sites (tertiary alicyclic amines) is 1. The predicted molar refractivity (Wildman–Crippen MR) is 164 cm³/mol. The number of nitrogens with zero attached hydrogens (tertiary/aromatic N) is 3. The van der Waals surface area contributed by atoms with Crippen LogP contribution in [0.4, 0.5) is 5.69 Å². The SMILES string of the molecule is CCCC(=O)N(c1ccccc1)[C@@H]1CCN(C(=O)[C@@H](Cc2ccc(OC)cc2)NC(=O)c2cnc3ccccc3c2)C1. The number of carbonyl (C=O) groups is 3. The minimum atomic E-state index is -0.798. The molecule has 0 bridgehead atoms. The number of amides is 3. The largest absolute Gasteiger partial charge is 0.497 e. The maximum Gasteiger partial charge on any atom is 0.253 e. The van der Waals surface area contributed by atoms with Gasteiger partial charge < -0.3 is 19.9 Å². The molecule has 42 heavy (non-hydrogen) atoms. The van der Waals surface area contributed by atoms with E-state index in [4.69, 9.17) is 4.74 Å². The molecule has 2 atom stereocenters. The Hall–Kier alpha value is -4.72. The van der Waals surface area contributed by atoms with Crippen molar-refractivity contribution in [1.82, 2.24) is 15.2 Å².